The molecule has 2 aromatic rings. The summed E-state index contributed by atoms with van der Waals surface area (Å²) in [5.74, 6) is -1.39. The number of nitrogens with zero attached hydrogens (tertiary/aromatic N) is 1. The number of hydrogen-bond acceptors (Lipinski definition) is 6. The second-order valence-electron chi connectivity index (χ2n) is 12.0. The van der Waals surface area contributed by atoms with Crippen molar-refractivity contribution in [3.8, 4) is 0 Å². The van der Waals surface area contributed by atoms with Crippen LogP contribution in [0.25, 0.3) is 0 Å². The summed E-state index contributed by atoms with van der Waals surface area (Å²) in [5.41, 5.74) is 2.98. The van der Waals surface area contributed by atoms with E-state index in [4.69, 9.17) is 0 Å². The summed E-state index contributed by atoms with van der Waals surface area (Å²) >= 11 is 1.49. The minimum atomic E-state index is -1.46. The predicted molar refractivity (Wildman–Crippen MR) is 161 cm³/mol. The van der Waals surface area contributed by atoms with Crippen LogP contribution in [0.15, 0.2) is 54.6 Å². The molecule has 1 aliphatic heterocycles. The van der Waals surface area contributed by atoms with Gasteiger partial charge in [0.1, 0.15) is 12.1 Å². The highest BCUT2D eigenvalue weighted by atomic mass is 32.2. The average Bonchev–Trinajstić information content (AvgIpc) is 3.44. The Morgan fingerprint density at radius 1 is 1.07 bits per heavy atom. The van der Waals surface area contributed by atoms with Gasteiger partial charge in [0.25, 0.3) is 5.91 Å². The van der Waals surface area contributed by atoms with E-state index in [-0.39, 0.29) is 36.1 Å². The van der Waals surface area contributed by atoms with Gasteiger partial charge in [0.15, 0.2) is 0 Å². The highest BCUT2D eigenvalue weighted by Gasteiger charge is 2.49. The van der Waals surface area contributed by atoms with E-state index in [1.54, 1.807) is 0 Å². The van der Waals surface area contributed by atoms with Crippen molar-refractivity contribution in [2.75, 3.05) is 5.88 Å². The number of carbonyl (C=O) groups is 3. The molecule has 0 radical (unpaired) electrons. The van der Waals surface area contributed by atoms with E-state index in [0.29, 0.717) is 19.4 Å². The normalized spacial score (nSPS) is 25.0. The quantitative estimate of drug-likeness (QED) is 0.342. The Hall–Kier alpha value is -2.88. The van der Waals surface area contributed by atoms with Gasteiger partial charge in [-0.2, -0.15) is 0 Å². The molecule has 2 fully saturated rings. The first kappa shape index (κ1) is 31.1. The fourth-order valence-corrected chi connectivity index (χ4v) is 7.08. The topological polar surface area (TPSA) is 119 Å². The molecule has 4 N–H and O–H groups in total. The third-order valence-corrected chi connectivity index (χ3v) is 9.91. The summed E-state index contributed by atoms with van der Waals surface area (Å²) in [6.07, 6.45) is -0.356. The van der Waals surface area contributed by atoms with Crippen molar-refractivity contribution in [1.29, 1.82) is 0 Å². The van der Waals surface area contributed by atoms with Crippen LogP contribution in [0.2, 0.25) is 0 Å². The number of carbonyl (C=O) groups excluding carboxylic acids is 3. The van der Waals surface area contributed by atoms with Gasteiger partial charge in [-0.15, -0.1) is 11.8 Å². The number of aryl methyl sites for hydroxylation is 1. The largest absolute Gasteiger partial charge is 0.391 e. The monoisotopic (exact) mass is 581 g/mol. The Bertz CT molecular complexity index is 1210. The number of thioether (sulfide) groups is 1. The highest BCUT2D eigenvalue weighted by molar-refractivity contribution is 8.00. The average molecular weight is 582 g/mol. The van der Waals surface area contributed by atoms with Crippen molar-refractivity contribution in [1.82, 2.24) is 15.5 Å². The lowest BCUT2D eigenvalue weighted by molar-refractivity contribution is -0.147. The van der Waals surface area contributed by atoms with E-state index in [2.05, 4.69) is 10.6 Å². The minimum Gasteiger partial charge on any atom is -0.391 e. The van der Waals surface area contributed by atoms with Crippen molar-refractivity contribution < 1.29 is 24.6 Å². The van der Waals surface area contributed by atoms with E-state index in [1.165, 1.54) is 16.7 Å². The number of nitrogens with one attached hydrogen (secondary N) is 2. The molecule has 4 rings (SSSR count). The zero-order valence-electron chi connectivity index (χ0n) is 24.4. The molecule has 1 saturated carbocycles. The minimum absolute atomic E-state index is 0.0874. The lowest BCUT2D eigenvalue weighted by atomic mass is 9.91. The molecule has 2 aromatic carbocycles. The Morgan fingerprint density at radius 3 is 2.41 bits per heavy atom. The molecular formula is C32H43N3O5S. The molecule has 8 nitrogen and oxygen atoms in total. The van der Waals surface area contributed by atoms with Crippen molar-refractivity contribution in [3.63, 3.8) is 0 Å². The number of aliphatic hydroxyl groups is 2. The first-order valence-corrected chi connectivity index (χ1v) is 15.4. The van der Waals surface area contributed by atoms with Crippen LogP contribution in [0, 0.1) is 18.8 Å². The number of aliphatic hydroxyl groups excluding tert-OH is 2. The van der Waals surface area contributed by atoms with Gasteiger partial charge in [-0.05, 0) is 69.1 Å². The van der Waals surface area contributed by atoms with Crippen LogP contribution in [-0.4, -0.2) is 67.7 Å². The molecule has 9 heteroatoms. The summed E-state index contributed by atoms with van der Waals surface area (Å²) < 4.78 is -0.555. The third kappa shape index (κ3) is 7.50. The first-order chi connectivity index (χ1) is 19.5. The van der Waals surface area contributed by atoms with Crippen molar-refractivity contribution in [2.45, 2.75) is 89.0 Å². The smallest absolute Gasteiger partial charge is 0.252 e. The number of rotatable bonds is 10. The summed E-state index contributed by atoms with van der Waals surface area (Å²) in [4.78, 5) is 42.0. The Balaban J connectivity index is 1.47. The molecular weight excluding hydrogens is 538 g/mol. The molecule has 6 atom stereocenters. The van der Waals surface area contributed by atoms with Gasteiger partial charge in [-0.1, -0.05) is 61.5 Å². The van der Waals surface area contributed by atoms with Gasteiger partial charge >= 0.3 is 0 Å². The molecule has 0 aromatic heterocycles. The zero-order chi connectivity index (χ0) is 29.7. The molecule has 3 amide bonds. The molecule has 222 valence electrons. The number of hydrogen-bond donors (Lipinski definition) is 4. The van der Waals surface area contributed by atoms with Crippen LogP contribution in [0.4, 0.5) is 0 Å². The maximum absolute atomic E-state index is 13.6. The van der Waals surface area contributed by atoms with Gasteiger partial charge < -0.3 is 25.7 Å². The van der Waals surface area contributed by atoms with E-state index in [1.807, 2.05) is 82.3 Å². The molecule has 41 heavy (non-hydrogen) atoms. The van der Waals surface area contributed by atoms with Crippen molar-refractivity contribution in [3.05, 3.63) is 71.3 Å². The lowest BCUT2D eigenvalue weighted by Crippen LogP contribution is -2.55. The Labute approximate surface area is 247 Å². The maximum atomic E-state index is 13.6. The first-order valence-electron chi connectivity index (χ1n) is 14.4. The summed E-state index contributed by atoms with van der Waals surface area (Å²) in [5, 5.41) is 27.6. The maximum Gasteiger partial charge on any atom is 0.252 e. The molecule has 2 aliphatic rings. The van der Waals surface area contributed by atoms with Gasteiger partial charge in [-0.25, -0.2) is 0 Å². The van der Waals surface area contributed by atoms with Crippen molar-refractivity contribution in [2.24, 2.45) is 11.8 Å². The van der Waals surface area contributed by atoms with E-state index < -0.39 is 34.8 Å². The van der Waals surface area contributed by atoms with Crippen LogP contribution < -0.4 is 10.6 Å². The van der Waals surface area contributed by atoms with Gasteiger partial charge in [0.05, 0.1) is 18.0 Å². The fourth-order valence-electron chi connectivity index (χ4n) is 5.94. The molecule has 1 aliphatic carbocycles. The van der Waals surface area contributed by atoms with Gasteiger partial charge in [0, 0.05) is 17.2 Å². The van der Waals surface area contributed by atoms with Crippen LogP contribution in [-0.2, 0) is 27.3 Å². The second kappa shape index (κ2) is 13.4. The Kier molecular flexibility index (Phi) is 10.2. The molecule has 1 saturated heterocycles. The molecule has 0 bridgehead atoms. The molecule has 2 unspecified atom stereocenters. The Morgan fingerprint density at radius 2 is 1.76 bits per heavy atom. The van der Waals surface area contributed by atoms with E-state index in [9.17, 15) is 24.6 Å². The van der Waals surface area contributed by atoms with Crippen LogP contribution in [0.5, 0.6) is 0 Å². The number of benzene rings is 2. The standard InChI is InChI=1S/C32H43N3O5S/c1-20-10-8-9-13-23(20)18-33-30(39)28-32(3,4)41-19-35(28)31(40)26(37)17-24(16-22-11-6-5-7-12-22)29(38)34-27-21(2)14-15-25(27)36/h5-13,21,24-28,36-37H,14-19H2,1-4H3,(H,33,39)(H,34,38)/t21-,24?,25-,26?,27+,28-/m1/s1. The van der Waals surface area contributed by atoms with Gasteiger partial charge in [0.2, 0.25) is 11.8 Å². The summed E-state index contributed by atoms with van der Waals surface area (Å²) in [7, 11) is 0. The van der Waals surface area contributed by atoms with Gasteiger partial charge in [-0.3, -0.25) is 14.4 Å². The highest BCUT2D eigenvalue weighted by Crippen LogP contribution is 2.40. The third-order valence-electron chi connectivity index (χ3n) is 8.53. The van der Waals surface area contributed by atoms with Crippen LogP contribution >= 0.6 is 11.8 Å². The van der Waals surface area contributed by atoms with E-state index >= 15 is 0 Å². The number of amides is 3. The molecule has 1 heterocycles. The summed E-state index contributed by atoms with van der Waals surface area (Å²) in [6.45, 7) is 8.18. The zero-order valence-corrected chi connectivity index (χ0v) is 25.2. The summed E-state index contributed by atoms with van der Waals surface area (Å²) in [6, 6.07) is 16.2. The van der Waals surface area contributed by atoms with E-state index in [0.717, 1.165) is 23.1 Å². The van der Waals surface area contributed by atoms with Crippen LogP contribution in [0.3, 0.4) is 0 Å². The predicted octanol–water partition coefficient (Wildman–Crippen LogP) is 3.18. The fraction of sp³-hybridized carbons (Fsp3) is 0.531. The lowest BCUT2D eigenvalue weighted by Gasteiger charge is -2.32. The van der Waals surface area contributed by atoms with Crippen molar-refractivity contribution >= 4 is 29.5 Å². The van der Waals surface area contributed by atoms with Crippen LogP contribution in [0.1, 0.15) is 56.7 Å². The SMILES string of the molecule is Cc1ccccc1CNC(=O)[C@H]1N(C(=O)C(O)CC(Cc2ccccc2)C(=O)N[C@H]2[C@H](C)CC[C@H]2O)CSC1(C)C. The second-order valence-corrected chi connectivity index (χ2v) is 13.6. The molecule has 0 spiro atoms.